The normalized spacial score (nSPS) is 15.0. The third kappa shape index (κ3) is 6.48. The van der Waals surface area contributed by atoms with Crippen molar-refractivity contribution in [1.29, 1.82) is 0 Å². The van der Waals surface area contributed by atoms with Crippen LogP contribution in [0.5, 0.6) is 5.75 Å². The van der Waals surface area contributed by atoms with E-state index in [4.69, 9.17) is 4.74 Å². The molecule has 3 aromatic carbocycles. The molecule has 0 spiro atoms. The van der Waals surface area contributed by atoms with Gasteiger partial charge in [0.15, 0.2) is 0 Å². The Hall–Kier alpha value is -3.20. The summed E-state index contributed by atoms with van der Waals surface area (Å²) < 4.78 is 32.9. The van der Waals surface area contributed by atoms with Crippen LogP contribution in [0, 0.1) is 6.92 Å². The van der Waals surface area contributed by atoms with Crippen LogP contribution in [0.3, 0.4) is 0 Å². The Balaban J connectivity index is 1.32. The zero-order valence-corrected chi connectivity index (χ0v) is 20.5. The minimum atomic E-state index is -3.59. The van der Waals surface area contributed by atoms with Crippen molar-refractivity contribution in [1.82, 2.24) is 9.62 Å². The van der Waals surface area contributed by atoms with Gasteiger partial charge in [-0.15, -0.1) is 0 Å². The van der Waals surface area contributed by atoms with E-state index in [1.807, 2.05) is 31.2 Å². The predicted octanol–water partition coefficient (Wildman–Crippen LogP) is 3.65. The first kappa shape index (κ1) is 24.9. The van der Waals surface area contributed by atoms with Gasteiger partial charge in [-0.3, -0.25) is 4.79 Å². The van der Waals surface area contributed by atoms with Crippen LogP contribution in [0.1, 0.15) is 39.9 Å². The molecule has 1 aliphatic heterocycles. The molecule has 0 bridgehead atoms. The lowest BCUT2D eigenvalue weighted by molar-refractivity contribution is 0.0950. The molecule has 4 rings (SSSR count). The summed E-state index contributed by atoms with van der Waals surface area (Å²) in [4.78, 5) is 12.9. The van der Waals surface area contributed by atoms with Crippen molar-refractivity contribution in [2.75, 3.05) is 13.1 Å². The second-order valence-electron chi connectivity index (χ2n) is 8.77. The van der Waals surface area contributed by atoms with Gasteiger partial charge >= 0.3 is 0 Å². The number of aliphatic hydroxyl groups excluding tert-OH is 1. The van der Waals surface area contributed by atoms with E-state index in [-0.39, 0.29) is 17.3 Å². The number of ether oxygens (including phenoxy) is 1. The number of carbonyl (C=O) groups is 1. The van der Waals surface area contributed by atoms with Crippen LogP contribution in [0.4, 0.5) is 0 Å². The van der Waals surface area contributed by atoms with Crippen LogP contribution in [0.25, 0.3) is 0 Å². The van der Waals surface area contributed by atoms with E-state index < -0.39 is 16.1 Å². The molecule has 184 valence electrons. The molecule has 0 atom stereocenters. The van der Waals surface area contributed by atoms with Gasteiger partial charge in [-0.25, -0.2) is 8.42 Å². The fourth-order valence-electron chi connectivity index (χ4n) is 3.99. The van der Waals surface area contributed by atoms with Crippen molar-refractivity contribution in [2.45, 2.75) is 43.9 Å². The lowest BCUT2D eigenvalue weighted by atomic mass is 10.1. The number of benzene rings is 3. The van der Waals surface area contributed by atoms with Gasteiger partial charge in [-0.1, -0.05) is 48.0 Å². The van der Waals surface area contributed by atoms with E-state index >= 15 is 0 Å². The number of nitrogens with one attached hydrogen (secondary N) is 1. The number of piperidine rings is 1. The summed E-state index contributed by atoms with van der Waals surface area (Å²) in [5.41, 5.74) is 3.50. The largest absolute Gasteiger partial charge is 0.489 e. The monoisotopic (exact) mass is 494 g/mol. The fourth-order valence-corrected chi connectivity index (χ4v) is 5.46. The highest BCUT2D eigenvalue weighted by molar-refractivity contribution is 7.89. The standard InChI is InChI=1S/C27H30N2O5S/c1-20-4-2-5-22(16-20)19-34-25-7-3-6-23(17-25)27(31)28-18-21-8-10-26(11-9-21)35(32,33)29-14-12-24(30)13-15-29/h2-11,16-17,24,30H,12-15,18-19H2,1H3,(H,28,31). The Morgan fingerprint density at radius 3 is 2.43 bits per heavy atom. The van der Waals surface area contributed by atoms with Gasteiger partial charge in [0.1, 0.15) is 12.4 Å². The lowest BCUT2D eigenvalue weighted by Gasteiger charge is -2.28. The van der Waals surface area contributed by atoms with Crippen molar-refractivity contribution in [3.05, 3.63) is 95.1 Å². The molecular formula is C27H30N2O5S. The van der Waals surface area contributed by atoms with Crippen LogP contribution in [-0.4, -0.2) is 42.9 Å². The number of carbonyl (C=O) groups excluding carboxylic acids is 1. The average molecular weight is 495 g/mol. The summed E-state index contributed by atoms with van der Waals surface area (Å²) in [7, 11) is -3.59. The van der Waals surface area contributed by atoms with Gasteiger partial charge in [0, 0.05) is 25.2 Å². The quantitative estimate of drug-likeness (QED) is 0.498. The Morgan fingerprint density at radius 2 is 1.71 bits per heavy atom. The molecule has 35 heavy (non-hydrogen) atoms. The summed E-state index contributed by atoms with van der Waals surface area (Å²) in [6.45, 7) is 3.34. The molecule has 0 aliphatic carbocycles. The maximum atomic E-state index is 12.8. The van der Waals surface area contributed by atoms with E-state index in [9.17, 15) is 18.3 Å². The first-order chi connectivity index (χ1) is 16.8. The number of amides is 1. The Kier molecular flexibility index (Phi) is 7.85. The average Bonchev–Trinajstić information content (AvgIpc) is 2.87. The third-order valence-corrected chi connectivity index (χ3v) is 7.93. The maximum Gasteiger partial charge on any atom is 0.251 e. The smallest absolute Gasteiger partial charge is 0.251 e. The van der Waals surface area contributed by atoms with Crippen molar-refractivity contribution in [3.8, 4) is 5.75 Å². The predicted molar refractivity (Wildman–Crippen MR) is 134 cm³/mol. The number of nitrogens with zero attached hydrogens (tertiary/aromatic N) is 1. The lowest BCUT2D eigenvalue weighted by Crippen LogP contribution is -2.39. The molecular weight excluding hydrogens is 464 g/mol. The molecule has 1 amide bonds. The van der Waals surface area contributed by atoms with Crippen molar-refractivity contribution in [3.63, 3.8) is 0 Å². The van der Waals surface area contributed by atoms with Crippen LogP contribution in [-0.2, 0) is 23.2 Å². The maximum absolute atomic E-state index is 12.8. The summed E-state index contributed by atoms with van der Waals surface area (Å²) in [6, 6.07) is 21.6. The molecule has 0 radical (unpaired) electrons. The number of aliphatic hydroxyl groups is 1. The zero-order chi connectivity index (χ0) is 24.8. The first-order valence-corrected chi connectivity index (χ1v) is 13.1. The number of hydrogen-bond acceptors (Lipinski definition) is 5. The number of aryl methyl sites for hydroxylation is 1. The Labute approximate surface area is 206 Å². The van der Waals surface area contributed by atoms with Gasteiger partial charge in [0.05, 0.1) is 11.0 Å². The molecule has 1 saturated heterocycles. The van der Waals surface area contributed by atoms with Crippen molar-refractivity contribution >= 4 is 15.9 Å². The van der Waals surface area contributed by atoms with E-state index in [0.29, 0.717) is 43.9 Å². The summed E-state index contributed by atoms with van der Waals surface area (Å²) in [5.74, 6) is 0.369. The van der Waals surface area contributed by atoms with Crippen LogP contribution < -0.4 is 10.1 Å². The molecule has 1 heterocycles. The zero-order valence-electron chi connectivity index (χ0n) is 19.7. The number of rotatable bonds is 8. The van der Waals surface area contributed by atoms with E-state index in [0.717, 1.165) is 16.7 Å². The Morgan fingerprint density at radius 1 is 1.00 bits per heavy atom. The van der Waals surface area contributed by atoms with E-state index in [1.54, 1.807) is 42.5 Å². The molecule has 3 aromatic rings. The molecule has 0 saturated carbocycles. The van der Waals surface area contributed by atoms with Crippen molar-refractivity contribution < 1.29 is 23.1 Å². The number of hydrogen-bond donors (Lipinski definition) is 2. The number of sulfonamides is 1. The van der Waals surface area contributed by atoms with E-state index in [2.05, 4.69) is 11.4 Å². The van der Waals surface area contributed by atoms with Gasteiger partial charge in [0.25, 0.3) is 5.91 Å². The summed E-state index contributed by atoms with van der Waals surface area (Å²) in [6.07, 6.45) is 0.455. The van der Waals surface area contributed by atoms with Crippen LogP contribution >= 0.6 is 0 Å². The second-order valence-corrected chi connectivity index (χ2v) is 10.7. The van der Waals surface area contributed by atoms with Gasteiger partial charge in [0.2, 0.25) is 10.0 Å². The van der Waals surface area contributed by atoms with Crippen LogP contribution in [0.15, 0.2) is 77.7 Å². The summed E-state index contributed by atoms with van der Waals surface area (Å²) in [5, 5.41) is 12.5. The molecule has 0 aromatic heterocycles. The second kappa shape index (κ2) is 11.0. The van der Waals surface area contributed by atoms with Gasteiger partial charge in [-0.2, -0.15) is 4.31 Å². The van der Waals surface area contributed by atoms with Gasteiger partial charge in [-0.05, 0) is 61.2 Å². The molecule has 1 fully saturated rings. The fraction of sp³-hybridized carbons (Fsp3) is 0.296. The van der Waals surface area contributed by atoms with Gasteiger partial charge < -0.3 is 15.2 Å². The summed E-state index contributed by atoms with van der Waals surface area (Å²) >= 11 is 0. The van der Waals surface area contributed by atoms with Crippen molar-refractivity contribution in [2.24, 2.45) is 0 Å². The topological polar surface area (TPSA) is 95.9 Å². The Bertz CT molecular complexity index is 1270. The molecule has 0 unspecified atom stereocenters. The minimum Gasteiger partial charge on any atom is -0.489 e. The highest BCUT2D eigenvalue weighted by Gasteiger charge is 2.28. The molecule has 7 nitrogen and oxygen atoms in total. The minimum absolute atomic E-state index is 0.211. The van der Waals surface area contributed by atoms with E-state index in [1.165, 1.54) is 4.31 Å². The molecule has 1 aliphatic rings. The highest BCUT2D eigenvalue weighted by atomic mass is 32.2. The SMILES string of the molecule is Cc1cccc(COc2cccc(C(=O)NCc3ccc(S(=O)(=O)N4CCC(O)CC4)cc3)c2)c1. The first-order valence-electron chi connectivity index (χ1n) is 11.6. The third-order valence-electron chi connectivity index (χ3n) is 6.02. The van der Waals surface area contributed by atoms with Crippen LogP contribution in [0.2, 0.25) is 0 Å². The highest BCUT2D eigenvalue weighted by Crippen LogP contribution is 2.21. The molecule has 8 heteroatoms. The molecule has 2 N–H and O–H groups in total.